The van der Waals surface area contributed by atoms with Crippen molar-refractivity contribution in [3.63, 3.8) is 0 Å². The van der Waals surface area contributed by atoms with Gasteiger partial charge in [-0.05, 0) is 48.6 Å². The lowest BCUT2D eigenvalue weighted by atomic mass is 9.90. The average molecular weight is 414 g/mol. The molecule has 1 aliphatic carbocycles. The lowest BCUT2D eigenvalue weighted by Gasteiger charge is -2.32. The second kappa shape index (κ2) is 8.62. The van der Waals surface area contributed by atoms with Crippen LogP contribution in [-0.4, -0.2) is 22.1 Å². The molecule has 4 rings (SSSR count). The largest absolute Gasteiger partial charge is 0.460 e. The maximum absolute atomic E-state index is 5.98. The van der Waals surface area contributed by atoms with E-state index in [9.17, 15) is 0 Å². The SMILES string of the molecule is C=CN(c1ccccc1C)c1nc(OC2CC(N)C2)ncc1-c1cccc(C(=C)N)c1. The summed E-state index contributed by atoms with van der Waals surface area (Å²) in [5, 5.41) is 0. The van der Waals surface area contributed by atoms with Crippen LogP contribution in [0.4, 0.5) is 11.5 Å². The third-order valence-electron chi connectivity index (χ3n) is 5.48. The van der Waals surface area contributed by atoms with E-state index >= 15 is 0 Å². The Morgan fingerprint density at radius 3 is 2.65 bits per heavy atom. The predicted octanol–water partition coefficient (Wildman–Crippen LogP) is 4.53. The van der Waals surface area contributed by atoms with Crippen LogP contribution in [0.5, 0.6) is 6.01 Å². The molecule has 6 nitrogen and oxygen atoms in total. The molecule has 6 heteroatoms. The molecule has 0 aliphatic heterocycles. The lowest BCUT2D eigenvalue weighted by Crippen LogP contribution is -2.43. The molecular weight excluding hydrogens is 386 g/mol. The van der Waals surface area contributed by atoms with E-state index < -0.39 is 0 Å². The van der Waals surface area contributed by atoms with Gasteiger partial charge in [0.2, 0.25) is 0 Å². The van der Waals surface area contributed by atoms with Gasteiger partial charge in [0, 0.05) is 35.4 Å². The summed E-state index contributed by atoms with van der Waals surface area (Å²) in [4.78, 5) is 11.2. The quantitative estimate of drug-likeness (QED) is 0.591. The summed E-state index contributed by atoms with van der Waals surface area (Å²) in [6.45, 7) is 9.94. The number of hydrogen-bond acceptors (Lipinski definition) is 6. The van der Waals surface area contributed by atoms with Crippen LogP contribution in [0.3, 0.4) is 0 Å². The van der Waals surface area contributed by atoms with Crippen molar-refractivity contribution < 1.29 is 4.74 Å². The van der Waals surface area contributed by atoms with Crippen molar-refractivity contribution >= 4 is 17.2 Å². The Bertz CT molecular complexity index is 1120. The first-order chi connectivity index (χ1) is 15.0. The van der Waals surface area contributed by atoms with Gasteiger partial charge in [0.25, 0.3) is 0 Å². The zero-order valence-electron chi connectivity index (χ0n) is 17.7. The van der Waals surface area contributed by atoms with Gasteiger partial charge in [0.15, 0.2) is 5.82 Å². The van der Waals surface area contributed by atoms with E-state index in [0.717, 1.165) is 40.8 Å². The minimum atomic E-state index is 0.0493. The molecule has 31 heavy (non-hydrogen) atoms. The van der Waals surface area contributed by atoms with Gasteiger partial charge in [-0.2, -0.15) is 4.98 Å². The lowest BCUT2D eigenvalue weighted by molar-refractivity contribution is 0.0906. The summed E-state index contributed by atoms with van der Waals surface area (Å²) >= 11 is 0. The van der Waals surface area contributed by atoms with Crippen molar-refractivity contribution in [2.45, 2.75) is 31.9 Å². The number of benzene rings is 2. The third-order valence-corrected chi connectivity index (χ3v) is 5.48. The molecule has 0 radical (unpaired) electrons. The molecule has 0 unspecified atom stereocenters. The first-order valence-corrected chi connectivity index (χ1v) is 10.3. The Kier molecular flexibility index (Phi) is 5.73. The molecule has 158 valence electrons. The Hall–Kier alpha value is -3.64. The van der Waals surface area contributed by atoms with E-state index in [0.29, 0.717) is 17.5 Å². The molecule has 0 spiro atoms. The van der Waals surface area contributed by atoms with Gasteiger partial charge in [0.1, 0.15) is 6.10 Å². The fourth-order valence-corrected chi connectivity index (χ4v) is 3.67. The number of ether oxygens (including phenoxy) is 1. The van der Waals surface area contributed by atoms with Crippen molar-refractivity contribution in [3.05, 3.63) is 85.2 Å². The van der Waals surface area contributed by atoms with Crippen LogP contribution in [0.25, 0.3) is 16.8 Å². The molecule has 1 saturated carbocycles. The van der Waals surface area contributed by atoms with Crippen molar-refractivity contribution in [1.82, 2.24) is 9.97 Å². The smallest absolute Gasteiger partial charge is 0.318 e. The Morgan fingerprint density at radius 2 is 1.97 bits per heavy atom. The molecule has 1 aliphatic rings. The molecule has 1 heterocycles. The maximum Gasteiger partial charge on any atom is 0.318 e. The molecule has 0 bridgehead atoms. The summed E-state index contributed by atoms with van der Waals surface area (Å²) in [5.74, 6) is 0.678. The van der Waals surface area contributed by atoms with E-state index in [1.54, 1.807) is 12.4 Å². The van der Waals surface area contributed by atoms with Gasteiger partial charge in [-0.25, -0.2) is 4.98 Å². The Labute approximate surface area is 182 Å². The fourth-order valence-electron chi connectivity index (χ4n) is 3.67. The summed E-state index contributed by atoms with van der Waals surface area (Å²) in [6.07, 6.45) is 5.20. The average Bonchev–Trinajstić information content (AvgIpc) is 2.75. The molecule has 0 atom stereocenters. The zero-order valence-corrected chi connectivity index (χ0v) is 17.7. The van der Waals surface area contributed by atoms with Crippen LogP contribution in [0.1, 0.15) is 24.0 Å². The number of nitrogens with two attached hydrogens (primary N) is 2. The highest BCUT2D eigenvalue weighted by Crippen LogP contribution is 2.37. The number of anilines is 2. The van der Waals surface area contributed by atoms with Crippen molar-refractivity contribution in [2.24, 2.45) is 11.5 Å². The normalized spacial score (nSPS) is 17.5. The number of aromatic nitrogens is 2. The third kappa shape index (κ3) is 4.29. The molecule has 0 saturated heterocycles. The van der Waals surface area contributed by atoms with Gasteiger partial charge in [-0.1, -0.05) is 49.6 Å². The monoisotopic (exact) mass is 413 g/mol. The number of hydrogen-bond donors (Lipinski definition) is 2. The van der Waals surface area contributed by atoms with Crippen LogP contribution in [0, 0.1) is 6.92 Å². The van der Waals surface area contributed by atoms with Crippen molar-refractivity contribution in [3.8, 4) is 17.1 Å². The summed E-state index contributed by atoms with van der Waals surface area (Å²) in [5.41, 5.74) is 17.0. The van der Waals surface area contributed by atoms with E-state index in [1.165, 1.54) is 0 Å². The van der Waals surface area contributed by atoms with Crippen LogP contribution in [-0.2, 0) is 0 Å². The second-order valence-corrected chi connectivity index (χ2v) is 7.81. The number of nitrogens with zero attached hydrogens (tertiary/aromatic N) is 3. The molecule has 3 aromatic rings. The van der Waals surface area contributed by atoms with Gasteiger partial charge in [0.05, 0.1) is 0 Å². The minimum absolute atomic E-state index is 0.0493. The highest BCUT2D eigenvalue weighted by molar-refractivity contribution is 5.82. The molecule has 1 aromatic heterocycles. The van der Waals surface area contributed by atoms with E-state index in [1.807, 2.05) is 47.4 Å². The summed E-state index contributed by atoms with van der Waals surface area (Å²) in [6, 6.07) is 16.5. The van der Waals surface area contributed by atoms with Crippen LogP contribution >= 0.6 is 0 Å². The number of rotatable bonds is 7. The van der Waals surface area contributed by atoms with Gasteiger partial charge in [-0.15, -0.1) is 0 Å². The van der Waals surface area contributed by atoms with Gasteiger partial charge in [-0.3, -0.25) is 0 Å². The van der Waals surface area contributed by atoms with E-state index in [4.69, 9.17) is 21.2 Å². The number of para-hydroxylation sites is 1. The number of aryl methyl sites for hydroxylation is 1. The second-order valence-electron chi connectivity index (χ2n) is 7.81. The predicted molar refractivity (Wildman–Crippen MR) is 126 cm³/mol. The Morgan fingerprint density at radius 1 is 1.19 bits per heavy atom. The summed E-state index contributed by atoms with van der Waals surface area (Å²) in [7, 11) is 0. The van der Waals surface area contributed by atoms with Crippen molar-refractivity contribution in [1.29, 1.82) is 0 Å². The molecule has 4 N–H and O–H groups in total. The molecule has 2 aromatic carbocycles. The fraction of sp³-hybridized carbons (Fsp3) is 0.200. The van der Waals surface area contributed by atoms with E-state index in [2.05, 4.69) is 31.1 Å². The zero-order chi connectivity index (χ0) is 22.0. The highest BCUT2D eigenvalue weighted by Gasteiger charge is 2.29. The maximum atomic E-state index is 5.98. The Balaban J connectivity index is 1.82. The van der Waals surface area contributed by atoms with Crippen LogP contribution < -0.4 is 21.1 Å². The van der Waals surface area contributed by atoms with Gasteiger partial charge >= 0.3 is 6.01 Å². The summed E-state index contributed by atoms with van der Waals surface area (Å²) < 4.78 is 5.98. The molecule has 1 fully saturated rings. The molecular formula is C25H27N5O. The first-order valence-electron chi connectivity index (χ1n) is 10.3. The minimum Gasteiger partial charge on any atom is -0.460 e. The van der Waals surface area contributed by atoms with Crippen LogP contribution in [0.15, 0.2) is 74.1 Å². The highest BCUT2D eigenvalue weighted by atomic mass is 16.5. The molecule has 0 amide bonds. The van der Waals surface area contributed by atoms with Crippen molar-refractivity contribution in [2.75, 3.05) is 4.90 Å². The first kappa shape index (κ1) is 20.6. The van der Waals surface area contributed by atoms with Gasteiger partial charge < -0.3 is 21.1 Å². The standard InChI is InChI=1S/C25H27N5O/c1-4-30(23-11-6-5-8-16(23)2)24-22(19-10-7-9-18(12-19)17(3)26)15-28-25(29-24)31-21-13-20(27)14-21/h4-12,15,20-21H,1,3,13-14,26-27H2,2H3. The van der Waals surface area contributed by atoms with E-state index in [-0.39, 0.29) is 12.1 Å². The van der Waals surface area contributed by atoms with Crippen LogP contribution in [0.2, 0.25) is 0 Å². The topological polar surface area (TPSA) is 90.3 Å².